The second-order valence-electron chi connectivity index (χ2n) is 10.9. The molecule has 0 radical (unpaired) electrons. The van der Waals surface area contributed by atoms with Crippen LogP contribution in [0.3, 0.4) is 0 Å². The van der Waals surface area contributed by atoms with Crippen molar-refractivity contribution in [3.63, 3.8) is 0 Å². The van der Waals surface area contributed by atoms with Crippen LogP contribution in [-0.2, 0) is 26.3 Å². The number of alkyl halides is 4. The molecule has 0 saturated heterocycles. The second-order valence-corrected chi connectivity index (χ2v) is 11.2. The number of halogens is 4. The largest absolute Gasteiger partial charge is 0.465 e. The van der Waals surface area contributed by atoms with Gasteiger partial charge in [-0.3, -0.25) is 4.79 Å². The number of aromatic nitrogens is 1. The van der Waals surface area contributed by atoms with Crippen LogP contribution in [0.1, 0.15) is 93.6 Å². The van der Waals surface area contributed by atoms with Gasteiger partial charge in [0.1, 0.15) is 11.3 Å². The fourth-order valence-electron chi connectivity index (χ4n) is 5.76. The highest BCUT2D eigenvalue weighted by Gasteiger charge is 2.38. The van der Waals surface area contributed by atoms with Gasteiger partial charge in [0.05, 0.1) is 24.5 Å². The Morgan fingerprint density at radius 2 is 1.65 bits per heavy atom. The second kappa shape index (κ2) is 15.7. The van der Waals surface area contributed by atoms with Crippen molar-refractivity contribution in [1.82, 2.24) is 4.98 Å². The number of pyridine rings is 1. The molecule has 2 fully saturated rings. The van der Waals surface area contributed by atoms with Crippen molar-refractivity contribution >= 4 is 29.2 Å². The van der Waals surface area contributed by atoms with Crippen LogP contribution in [0.5, 0.6) is 11.6 Å². The van der Waals surface area contributed by atoms with Gasteiger partial charge in [-0.2, -0.15) is 13.2 Å². The Bertz CT molecular complexity index is 1230. The quantitative estimate of drug-likeness (QED) is 0.216. The highest BCUT2D eigenvalue weighted by atomic mass is 35.5. The monoisotopic (exact) mass is 626 g/mol. The maximum atomic E-state index is 14.1. The van der Waals surface area contributed by atoms with E-state index in [1.807, 2.05) is 13.8 Å². The Kier molecular flexibility index (Phi) is 12.7. The summed E-state index contributed by atoms with van der Waals surface area (Å²) in [5, 5.41) is 0. The number of carbonyl (C=O) groups is 2. The van der Waals surface area contributed by atoms with Crippen molar-refractivity contribution in [2.75, 3.05) is 19.1 Å². The first-order chi connectivity index (χ1) is 20.5. The maximum Gasteiger partial charge on any atom is 0.421 e. The van der Waals surface area contributed by atoms with E-state index in [9.17, 15) is 22.8 Å². The Hall–Kier alpha value is -2.85. The lowest BCUT2D eigenvalue weighted by atomic mass is 9.81. The Morgan fingerprint density at radius 1 is 1.00 bits per heavy atom. The van der Waals surface area contributed by atoms with Crippen molar-refractivity contribution < 1.29 is 37.0 Å². The van der Waals surface area contributed by atoms with E-state index in [1.165, 1.54) is 25.4 Å². The number of ether oxygens (including phenoxy) is 3. The van der Waals surface area contributed by atoms with E-state index in [-0.39, 0.29) is 46.7 Å². The third kappa shape index (κ3) is 8.62. The van der Waals surface area contributed by atoms with Gasteiger partial charge >= 0.3 is 12.1 Å². The minimum Gasteiger partial charge on any atom is -0.465 e. The Balaban J connectivity index is 0.00000248. The van der Waals surface area contributed by atoms with E-state index in [2.05, 4.69) is 11.9 Å². The lowest BCUT2D eigenvalue weighted by molar-refractivity contribution is -0.139. The first-order valence-electron chi connectivity index (χ1n) is 14.9. The smallest absolute Gasteiger partial charge is 0.421 e. The summed E-state index contributed by atoms with van der Waals surface area (Å²) in [4.78, 5) is 32.7. The lowest BCUT2D eigenvalue weighted by Gasteiger charge is -2.40. The molecule has 2 aliphatic rings. The molecule has 2 saturated carbocycles. The number of hydrogen-bond acceptors (Lipinski definition) is 6. The molecule has 0 spiro atoms. The van der Waals surface area contributed by atoms with E-state index in [4.69, 9.17) is 25.8 Å². The normalized spacial score (nSPS) is 22.2. The first-order valence-corrected chi connectivity index (χ1v) is 15.5. The van der Waals surface area contributed by atoms with Crippen LogP contribution < -0.4 is 9.64 Å². The van der Waals surface area contributed by atoms with Crippen LogP contribution in [0.15, 0.2) is 30.5 Å². The molecule has 0 N–H and O–H groups in total. The molecule has 0 bridgehead atoms. The summed E-state index contributed by atoms with van der Waals surface area (Å²) < 4.78 is 57.4. The summed E-state index contributed by atoms with van der Waals surface area (Å²) in [5.41, 5.74) is -0.513. The first kappa shape index (κ1) is 34.6. The number of anilines is 1. The van der Waals surface area contributed by atoms with E-state index in [0.717, 1.165) is 44.6 Å². The van der Waals surface area contributed by atoms with Gasteiger partial charge in [-0.1, -0.05) is 20.8 Å². The number of esters is 1. The van der Waals surface area contributed by atoms with Crippen LogP contribution in [0.25, 0.3) is 0 Å². The molecule has 1 heterocycles. The number of benzene rings is 1. The molecule has 238 valence electrons. The molecule has 1 aromatic heterocycles. The Labute approximate surface area is 257 Å². The minimum atomic E-state index is -4.74. The van der Waals surface area contributed by atoms with Crippen LogP contribution in [-0.4, -0.2) is 43.2 Å². The van der Waals surface area contributed by atoms with E-state index in [0.29, 0.717) is 24.4 Å². The van der Waals surface area contributed by atoms with Crippen LogP contribution in [0.4, 0.5) is 18.9 Å². The van der Waals surface area contributed by atoms with Gasteiger partial charge < -0.3 is 19.1 Å². The molecule has 0 aliphatic heterocycles. The Morgan fingerprint density at radius 3 is 2.21 bits per heavy atom. The molecule has 43 heavy (non-hydrogen) atoms. The third-order valence-electron chi connectivity index (χ3n) is 8.16. The molecule has 4 rings (SSSR count). The van der Waals surface area contributed by atoms with Crippen LogP contribution in [0, 0.1) is 11.8 Å². The third-order valence-corrected chi connectivity index (χ3v) is 8.47. The van der Waals surface area contributed by atoms with Gasteiger partial charge in [0.2, 0.25) is 11.8 Å². The van der Waals surface area contributed by atoms with Crippen molar-refractivity contribution in [3.8, 4) is 11.6 Å². The standard InChI is InChI=1S/C30H36ClF3N2O5.C2H6/c1-18-4-6-20(7-5-18)28(37)36(21-8-10-22(39-2)11-9-21)26-13-12-23(15-24(26)29(38)40-3)41-27-25(30(32,33)34)14-19(16-31)17-35-27;1-2/h12-15,17-18,20-22H,4-11,16H2,1-3H3;1-2H3. The van der Waals surface area contributed by atoms with Gasteiger partial charge in [0.25, 0.3) is 0 Å². The zero-order valence-corrected chi connectivity index (χ0v) is 26.3. The van der Waals surface area contributed by atoms with Gasteiger partial charge in [-0.05, 0) is 87.1 Å². The lowest BCUT2D eigenvalue weighted by Crippen LogP contribution is -2.47. The zero-order chi connectivity index (χ0) is 31.7. The van der Waals surface area contributed by atoms with Crippen LogP contribution >= 0.6 is 11.6 Å². The molecule has 2 aromatic rings. The van der Waals surface area contributed by atoms with E-state index < -0.39 is 23.6 Å². The zero-order valence-electron chi connectivity index (χ0n) is 25.5. The fourth-order valence-corrected chi connectivity index (χ4v) is 5.91. The summed E-state index contributed by atoms with van der Waals surface area (Å²) in [6.45, 7) is 6.18. The molecule has 1 amide bonds. The number of carbonyl (C=O) groups excluding carboxylic acids is 2. The predicted molar refractivity (Wildman–Crippen MR) is 160 cm³/mol. The highest BCUT2D eigenvalue weighted by molar-refractivity contribution is 6.17. The number of amides is 1. The molecular formula is C32H42ClF3N2O5. The molecule has 2 aliphatic carbocycles. The number of hydrogen-bond donors (Lipinski definition) is 0. The molecule has 11 heteroatoms. The molecule has 0 atom stereocenters. The van der Waals surface area contributed by atoms with E-state index >= 15 is 0 Å². The van der Waals surface area contributed by atoms with Gasteiger partial charge in [0, 0.05) is 31.1 Å². The maximum absolute atomic E-state index is 14.1. The van der Waals surface area contributed by atoms with Gasteiger partial charge in [0.15, 0.2) is 0 Å². The average Bonchev–Trinajstić information content (AvgIpc) is 3.02. The van der Waals surface area contributed by atoms with Gasteiger partial charge in [-0.15, -0.1) is 11.6 Å². The SMILES string of the molecule is CC.COC(=O)c1cc(Oc2ncc(CCl)cc2C(F)(F)F)ccc1N(C(=O)C1CCC(C)CC1)C1CCC(OC)CC1. The molecular weight excluding hydrogens is 585 g/mol. The topological polar surface area (TPSA) is 78.0 Å². The predicted octanol–water partition coefficient (Wildman–Crippen LogP) is 8.56. The fraction of sp³-hybridized carbons (Fsp3) is 0.594. The highest BCUT2D eigenvalue weighted by Crippen LogP contribution is 2.40. The molecule has 0 unspecified atom stereocenters. The summed E-state index contributed by atoms with van der Waals surface area (Å²) in [6.07, 6.45) is 2.93. The minimum absolute atomic E-state index is 0.0299. The summed E-state index contributed by atoms with van der Waals surface area (Å²) in [6, 6.07) is 5.02. The summed E-state index contributed by atoms with van der Waals surface area (Å²) in [5.74, 6) is -1.26. The van der Waals surface area contributed by atoms with E-state index in [1.54, 1.807) is 18.1 Å². The number of nitrogens with zero attached hydrogens (tertiary/aromatic N) is 2. The van der Waals surface area contributed by atoms with Crippen molar-refractivity contribution in [2.24, 2.45) is 11.8 Å². The van der Waals surface area contributed by atoms with Crippen molar-refractivity contribution in [1.29, 1.82) is 0 Å². The van der Waals surface area contributed by atoms with Crippen LogP contribution in [0.2, 0.25) is 0 Å². The summed E-state index contributed by atoms with van der Waals surface area (Å²) in [7, 11) is 2.89. The number of methoxy groups -OCH3 is 2. The van der Waals surface area contributed by atoms with Crippen molar-refractivity contribution in [3.05, 3.63) is 47.2 Å². The molecule has 7 nitrogen and oxygen atoms in total. The number of rotatable bonds is 8. The van der Waals surface area contributed by atoms with Gasteiger partial charge in [-0.25, -0.2) is 9.78 Å². The molecule has 1 aromatic carbocycles. The van der Waals surface area contributed by atoms with Crippen molar-refractivity contribution in [2.45, 2.75) is 96.3 Å². The summed E-state index contributed by atoms with van der Waals surface area (Å²) >= 11 is 5.71. The average molecular weight is 627 g/mol.